The van der Waals surface area contributed by atoms with E-state index in [1.807, 2.05) is 0 Å². The summed E-state index contributed by atoms with van der Waals surface area (Å²) in [5.41, 5.74) is 3.35. The van der Waals surface area contributed by atoms with Crippen LogP contribution in [0.1, 0.15) is 119 Å². The number of carbonyl (C=O) groups is 1. The fourth-order valence-electron chi connectivity index (χ4n) is 3.84. The first-order valence-corrected chi connectivity index (χ1v) is 12.1. The standard InChI is InChI=1S/C24H50N2O/c1-7-13-16-21(10-4)19-26(20-22(11-5)17-14-8-2)25-24(27)23(12-6)18-15-9-3/h21-23H,7-20H2,1-6H3,(H,25,27). The molecule has 27 heavy (non-hydrogen) atoms. The summed E-state index contributed by atoms with van der Waals surface area (Å²) in [5.74, 6) is 1.79. The summed E-state index contributed by atoms with van der Waals surface area (Å²) in [7, 11) is 0. The van der Waals surface area contributed by atoms with Crippen LogP contribution in [0.3, 0.4) is 0 Å². The molecule has 0 aliphatic carbocycles. The van der Waals surface area contributed by atoms with E-state index >= 15 is 0 Å². The van der Waals surface area contributed by atoms with Gasteiger partial charge in [0.2, 0.25) is 5.91 Å². The Hall–Kier alpha value is -0.570. The zero-order valence-corrected chi connectivity index (χ0v) is 19.5. The highest BCUT2D eigenvalue weighted by Gasteiger charge is 2.22. The number of unbranched alkanes of at least 4 members (excludes halogenated alkanes) is 3. The van der Waals surface area contributed by atoms with Crippen LogP contribution < -0.4 is 5.43 Å². The van der Waals surface area contributed by atoms with Gasteiger partial charge >= 0.3 is 0 Å². The molecule has 0 aromatic carbocycles. The highest BCUT2D eigenvalue weighted by molar-refractivity contribution is 5.78. The third-order valence-electron chi connectivity index (χ3n) is 6.08. The molecule has 0 saturated heterocycles. The van der Waals surface area contributed by atoms with Gasteiger partial charge in [-0.15, -0.1) is 0 Å². The van der Waals surface area contributed by atoms with Gasteiger partial charge in [0.25, 0.3) is 0 Å². The zero-order valence-electron chi connectivity index (χ0n) is 19.5. The molecule has 0 heterocycles. The maximum Gasteiger partial charge on any atom is 0.237 e. The average Bonchev–Trinajstić information content (AvgIpc) is 2.68. The maximum absolute atomic E-state index is 12.9. The summed E-state index contributed by atoms with van der Waals surface area (Å²) >= 11 is 0. The Bertz CT molecular complexity index is 327. The van der Waals surface area contributed by atoms with E-state index in [9.17, 15) is 4.79 Å². The maximum atomic E-state index is 12.9. The number of rotatable bonds is 18. The molecule has 3 heteroatoms. The van der Waals surface area contributed by atoms with E-state index in [1.165, 1.54) is 51.4 Å². The van der Waals surface area contributed by atoms with Crippen molar-refractivity contribution in [2.24, 2.45) is 17.8 Å². The molecule has 0 aromatic heterocycles. The third-order valence-corrected chi connectivity index (χ3v) is 6.08. The number of hydrogen-bond acceptors (Lipinski definition) is 2. The molecule has 3 atom stereocenters. The lowest BCUT2D eigenvalue weighted by molar-refractivity contribution is -0.131. The highest BCUT2D eigenvalue weighted by Crippen LogP contribution is 2.19. The van der Waals surface area contributed by atoms with Crippen molar-refractivity contribution in [2.75, 3.05) is 13.1 Å². The number of nitrogens with one attached hydrogen (secondary N) is 1. The van der Waals surface area contributed by atoms with Gasteiger partial charge < -0.3 is 0 Å². The first-order valence-electron chi connectivity index (χ1n) is 12.1. The summed E-state index contributed by atoms with van der Waals surface area (Å²) in [6.07, 6.45) is 14.3. The molecule has 0 spiro atoms. The van der Waals surface area contributed by atoms with Crippen molar-refractivity contribution in [3.05, 3.63) is 0 Å². The van der Waals surface area contributed by atoms with Gasteiger partial charge in [0.05, 0.1) is 0 Å². The van der Waals surface area contributed by atoms with Gasteiger partial charge in [-0.2, -0.15) is 0 Å². The van der Waals surface area contributed by atoms with E-state index in [2.05, 4.69) is 52.0 Å². The summed E-state index contributed by atoms with van der Waals surface area (Å²) < 4.78 is 0. The van der Waals surface area contributed by atoms with Crippen LogP contribution in [0, 0.1) is 17.8 Å². The largest absolute Gasteiger partial charge is 0.289 e. The molecule has 0 aliphatic rings. The Morgan fingerprint density at radius 1 is 0.704 bits per heavy atom. The fourth-order valence-corrected chi connectivity index (χ4v) is 3.84. The molecule has 3 unspecified atom stereocenters. The molecule has 1 amide bonds. The molecule has 162 valence electrons. The minimum atomic E-state index is 0.166. The molecule has 0 rings (SSSR count). The van der Waals surface area contributed by atoms with E-state index < -0.39 is 0 Å². The Morgan fingerprint density at radius 3 is 1.52 bits per heavy atom. The van der Waals surface area contributed by atoms with Crippen LogP contribution in [0.4, 0.5) is 0 Å². The van der Waals surface area contributed by atoms with Gasteiger partial charge in [0.1, 0.15) is 0 Å². The predicted molar refractivity (Wildman–Crippen MR) is 120 cm³/mol. The van der Waals surface area contributed by atoms with Gasteiger partial charge in [0.15, 0.2) is 0 Å². The van der Waals surface area contributed by atoms with Gasteiger partial charge in [-0.05, 0) is 37.5 Å². The monoisotopic (exact) mass is 382 g/mol. The van der Waals surface area contributed by atoms with Gasteiger partial charge in [-0.3, -0.25) is 10.2 Å². The van der Waals surface area contributed by atoms with Crippen LogP contribution in [-0.4, -0.2) is 24.0 Å². The Balaban J connectivity index is 4.98. The quantitative estimate of drug-likeness (QED) is 0.260. The van der Waals surface area contributed by atoms with Crippen LogP contribution in [0.2, 0.25) is 0 Å². The minimum absolute atomic E-state index is 0.166. The van der Waals surface area contributed by atoms with E-state index in [-0.39, 0.29) is 11.8 Å². The first-order chi connectivity index (χ1) is 13.1. The molecule has 0 fully saturated rings. The van der Waals surface area contributed by atoms with E-state index in [0.717, 1.165) is 38.8 Å². The van der Waals surface area contributed by atoms with Crippen molar-refractivity contribution in [1.29, 1.82) is 0 Å². The summed E-state index contributed by atoms with van der Waals surface area (Å²) in [4.78, 5) is 12.9. The molecule has 0 bridgehead atoms. The van der Waals surface area contributed by atoms with Gasteiger partial charge in [-0.1, -0.05) is 92.9 Å². The van der Waals surface area contributed by atoms with Crippen molar-refractivity contribution in [1.82, 2.24) is 10.4 Å². The smallest absolute Gasteiger partial charge is 0.237 e. The summed E-state index contributed by atoms with van der Waals surface area (Å²) in [6, 6.07) is 0. The molecule has 1 N–H and O–H groups in total. The van der Waals surface area contributed by atoms with Crippen molar-refractivity contribution < 1.29 is 4.79 Å². The van der Waals surface area contributed by atoms with E-state index in [4.69, 9.17) is 0 Å². The lowest BCUT2D eigenvalue weighted by Gasteiger charge is -2.32. The number of nitrogens with zero attached hydrogens (tertiary/aromatic N) is 1. The Labute approximate surface area is 171 Å². The normalized spacial score (nSPS) is 14.9. The van der Waals surface area contributed by atoms with Crippen molar-refractivity contribution in [3.63, 3.8) is 0 Å². The number of hydrogen-bond donors (Lipinski definition) is 1. The number of amides is 1. The molecule has 0 saturated carbocycles. The lowest BCUT2D eigenvalue weighted by Crippen LogP contribution is -2.49. The fraction of sp³-hybridized carbons (Fsp3) is 0.958. The second-order valence-electron chi connectivity index (χ2n) is 8.46. The van der Waals surface area contributed by atoms with Crippen molar-refractivity contribution >= 4 is 5.91 Å². The predicted octanol–water partition coefficient (Wildman–Crippen LogP) is 6.97. The summed E-state index contributed by atoms with van der Waals surface area (Å²) in [6.45, 7) is 15.5. The summed E-state index contributed by atoms with van der Waals surface area (Å²) in [5, 5.41) is 2.30. The first kappa shape index (κ1) is 26.4. The van der Waals surface area contributed by atoms with E-state index in [0.29, 0.717) is 11.8 Å². The van der Waals surface area contributed by atoms with Gasteiger partial charge in [-0.25, -0.2) is 5.01 Å². The number of carbonyl (C=O) groups excluding carboxylic acids is 1. The Morgan fingerprint density at radius 2 is 1.15 bits per heavy atom. The lowest BCUT2D eigenvalue weighted by atomic mass is 9.96. The molecular formula is C24H50N2O. The topological polar surface area (TPSA) is 32.3 Å². The van der Waals surface area contributed by atoms with Crippen LogP contribution in [0.25, 0.3) is 0 Å². The van der Waals surface area contributed by atoms with Gasteiger partial charge in [0, 0.05) is 19.0 Å². The second kappa shape index (κ2) is 17.5. The van der Waals surface area contributed by atoms with Crippen LogP contribution >= 0.6 is 0 Å². The number of hydrazine groups is 1. The minimum Gasteiger partial charge on any atom is -0.289 e. The SMILES string of the molecule is CCCCC(CC)CN(CC(CC)CCCC)NC(=O)C(CC)CCCC. The van der Waals surface area contributed by atoms with Crippen molar-refractivity contribution in [2.45, 2.75) is 119 Å². The second-order valence-corrected chi connectivity index (χ2v) is 8.46. The van der Waals surface area contributed by atoms with E-state index in [1.54, 1.807) is 0 Å². The molecular weight excluding hydrogens is 332 g/mol. The Kier molecular flexibility index (Phi) is 17.2. The molecule has 0 aliphatic heterocycles. The molecule has 0 radical (unpaired) electrons. The van der Waals surface area contributed by atoms with Crippen molar-refractivity contribution in [3.8, 4) is 0 Å². The highest BCUT2D eigenvalue weighted by atomic mass is 16.2. The third kappa shape index (κ3) is 12.5. The van der Waals surface area contributed by atoms with Crippen LogP contribution in [0.5, 0.6) is 0 Å². The average molecular weight is 383 g/mol. The van der Waals surface area contributed by atoms with Crippen LogP contribution in [0.15, 0.2) is 0 Å². The zero-order chi connectivity index (χ0) is 20.5. The molecule has 0 aromatic rings. The van der Waals surface area contributed by atoms with Crippen LogP contribution in [-0.2, 0) is 4.79 Å². The molecule has 3 nitrogen and oxygen atoms in total.